The van der Waals surface area contributed by atoms with Crippen molar-refractivity contribution in [3.8, 4) is 0 Å². The maximum atomic E-state index is 12.4. The van der Waals surface area contributed by atoms with E-state index in [0.29, 0.717) is 12.5 Å². The molecule has 1 aromatic rings. The number of aliphatic imine (C=N–C) groups is 1. The van der Waals surface area contributed by atoms with Crippen LogP contribution in [0.4, 0.5) is 4.79 Å². The van der Waals surface area contributed by atoms with Crippen LogP contribution in [0.5, 0.6) is 0 Å². The van der Waals surface area contributed by atoms with Gasteiger partial charge in [-0.05, 0) is 65.9 Å². The molecule has 1 aliphatic rings. The highest BCUT2D eigenvalue weighted by molar-refractivity contribution is 14.0. The molecule has 0 aromatic carbocycles. The van der Waals surface area contributed by atoms with Crippen molar-refractivity contribution in [1.82, 2.24) is 24.9 Å². The maximum absolute atomic E-state index is 12.4. The lowest BCUT2D eigenvalue weighted by Crippen LogP contribution is -2.48. The fourth-order valence-electron chi connectivity index (χ4n) is 3.57. The number of rotatable bonds is 8. The smallest absolute Gasteiger partial charge is 0.410 e. The van der Waals surface area contributed by atoms with Gasteiger partial charge in [0.2, 0.25) is 0 Å². The van der Waals surface area contributed by atoms with Gasteiger partial charge in [0.25, 0.3) is 0 Å². The molecule has 1 amide bonds. The number of piperidine rings is 1. The lowest BCUT2D eigenvalue weighted by molar-refractivity contribution is 0.0214. The van der Waals surface area contributed by atoms with Crippen LogP contribution in [0.15, 0.2) is 23.5 Å². The number of hydrogen-bond acceptors (Lipinski definition) is 4. The summed E-state index contributed by atoms with van der Waals surface area (Å²) >= 11 is 0. The summed E-state index contributed by atoms with van der Waals surface area (Å²) in [5.74, 6) is 1.49. The average molecular weight is 549 g/mol. The van der Waals surface area contributed by atoms with Gasteiger partial charge in [-0.3, -0.25) is 9.67 Å². The molecule has 8 nitrogen and oxygen atoms in total. The first-order chi connectivity index (χ1) is 14.3. The summed E-state index contributed by atoms with van der Waals surface area (Å²) in [5, 5.41) is 7.66. The van der Waals surface area contributed by atoms with Gasteiger partial charge in [0, 0.05) is 58.2 Å². The van der Waals surface area contributed by atoms with Crippen molar-refractivity contribution in [2.24, 2.45) is 10.9 Å². The molecular formula is C22H41IN6O2. The summed E-state index contributed by atoms with van der Waals surface area (Å²) in [6, 6.07) is 1.94. The largest absolute Gasteiger partial charge is 0.444 e. The van der Waals surface area contributed by atoms with E-state index in [1.165, 1.54) is 0 Å². The van der Waals surface area contributed by atoms with Crippen LogP contribution >= 0.6 is 24.0 Å². The molecule has 2 rings (SSSR count). The van der Waals surface area contributed by atoms with Crippen LogP contribution < -0.4 is 5.32 Å². The number of halogens is 1. The number of guanidine groups is 1. The third kappa shape index (κ3) is 10.1. The van der Waals surface area contributed by atoms with E-state index in [0.717, 1.165) is 64.5 Å². The lowest BCUT2D eigenvalue weighted by Gasteiger charge is -2.36. The number of hydrogen-bond donors (Lipinski definition) is 1. The highest BCUT2D eigenvalue weighted by Gasteiger charge is 2.27. The molecule has 0 unspecified atom stereocenters. The molecule has 2 heterocycles. The summed E-state index contributed by atoms with van der Waals surface area (Å²) in [4.78, 5) is 21.4. The quantitative estimate of drug-likeness (QED) is 0.232. The standard InChI is InChI=1S/C22H40N6O2.HI/c1-6-23-20(24-12-8-14-28-15-9-13-25-28)27-16-10-19(11-17-27)18-26(7-2)21(29)30-22(3,4)5;/h9,13,15,19H,6-8,10-12,14,16-18H2,1-5H3,(H,23,24);1H. The van der Waals surface area contributed by atoms with E-state index in [1.54, 1.807) is 6.20 Å². The van der Waals surface area contributed by atoms with E-state index >= 15 is 0 Å². The van der Waals surface area contributed by atoms with Crippen molar-refractivity contribution in [1.29, 1.82) is 0 Å². The van der Waals surface area contributed by atoms with Gasteiger partial charge in [-0.25, -0.2) is 4.79 Å². The maximum Gasteiger partial charge on any atom is 0.410 e. The Hall–Kier alpha value is -1.52. The zero-order valence-corrected chi connectivity index (χ0v) is 22.2. The van der Waals surface area contributed by atoms with Gasteiger partial charge in [0.15, 0.2) is 5.96 Å². The van der Waals surface area contributed by atoms with Gasteiger partial charge in [0.05, 0.1) is 0 Å². The number of likely N-dealkylation sites (tertiary alicyclic amines) is 1. The minimum Gasteiger partial charge on any atom is -0.444 e. The fourth-order valence-corrected chi connectivity index (χ4v) is 3.57. The second-order valence-electron chi connectivity index (χ2n) is 8.81. The first kappa shape index (κ1) is 27.5. The van der Waals surface area contributed by atoms with E-state index in [9.17, 15) is 4.79 Å². The Morgan fingerprint density at radius 1 is 1.29 bits per heavy atom. The topological polar surface area (TPSA) is 75.0 Å². The summed E-state index contributed by atoms with van der Waals surface area (Å²) in [6.45, 7) is 15.7. The first-order valence-corrected chi connectivity index (χ1v) is 11.3. The minimum atomic E-state index is -0.456. The van der Waals surface area contributed by atoms with Crippen LogP contribution in [-0.2, 0) is 11.3 Å². The van der Waals surface area contributed by atoms with E-state index in [1.807, 2.05) is 49.5 Å². The Morgan fingerprint density at radius 3 is 2.55 bits per heavy atom. The van der Waals surface area contributed by atoms with Gasteiger partial charge < -0.3 is 19.9 Å². The van der Waals surface area contributed by atoms with E-state index in [4.69, 9.17) is 9.73 Å². The number of aryl methyl sites for hydroxylation is 1. The third-order valence-corrected chi connectivity index (χ3v) is 5.13. The number of carbonyl (C=O) groups excluding carboxylic acids is 1. The number of aromatic nitrogens is 2. The lowest BCUT2D eigenvalue weighted by atomic mass is 9.96. The highest BCUT2D eigenvalue weighted by Crippen LogP contribution is 2.20. The molecule has 31 heavy (non-hydrogen) atoms. The zero-order chi connectivity index (χ0) is 22.0. The second-order valence-corrected chi connectivity index (χ2v) is 8.81. The number of amides is 1. The Bertz CT molecular complexity index is 651. The van der Waals surface area contributed by atoms with Crippen molar-refractivity contribution in [2.75, 3.05) is 39.3 Å². The van der Waals surface area contributed by atoms with Gasteiger partial charge in [0.1, 0.15) is 5.60 Å². The molecule has 1 N–H and O–H groups in total. The number of carbonyl (C=O) groups is 1. The summed E-state index contributed by atoms with van der Waals surface area (Å²) in [5.41, 5.74) is -0.456. The third-order valence-electron chi connectivity index (χ3n) is 5.13. The van der Waals surface area contributed by atoms with Crippen LogP contribution in [0, 0.1) is 5.92 Å². The summed E-state index contributed by atoms with van der Waals surface area (Å²) in [7, 11) is 0. The van der Waals surface area contributed by atoms with Crippen molar-refractivity contribution >= 4 is 36.0 Å². The predicted octanol–water partition coefficient (Wildman–Crippen LogP) is 3.83. The molecule has 1 fully saturated rings. The van der Waals surface area contributed by atoms with Gasteiger partial charge in [-0.15, -0.1) is 24.0 Å². The minimum absolute atomic E-state index is 0. The first-order valence-electron chi connectivity index (χ1n) is 11.3. The van der Waals surface area contributed by atoms with Crippen molar-refractivity contribution < 1.29 is 9.53 Å². The van der Waals surface area contributed by atoms with E-state index in [2.05, 4.69) is 22.2 Å². The van der Waals surface area contributed by atoms with Crippen LogP contribution in [0.1, 0.15) is 53.9 Å². The molecule has 178 valence electrons. The van der Waals surface area contributed by atoms with E-state index < -0.39 is 5.60 Å². The molecule has 0 aliphatic carbocycles. The predicted molar refractivity (Wildman–Crippen MR) is 136 cm³/mol. The number of nitrogens with one attached hydrogen (secondary N) is 1. The second kappa shape index (κ2) is 13.8. The number of ether oxygens (including phenoxy) is 1. The van der Waals surface area contributed by atoms with Crippen LogP contribution in [0.2, 0.25) is 0 Å². The van der Waals surface area contributed by atoms with Gasteiger partial charge >= 0.3 is 6.09 Å². The molecule has 0 saturated carbocycles. The molecule has 0 bridgehead atoms. The van der Waals surface area contributed by atoms with Gasteiger partial charge in [-0.1, -0.05) is 0 Å². The van der Waals surface area contributed by atoms with Crippen molar-refractivity contribution in [3.05, 3.63) is 18.5 Å². The molecular weight excluding hydrogens is 507 g/mol. The Kier molecular flexibility index (Phi) is 12.2. The SMILES string of the molecule is CCNC(=NCCCn1cccn1)N1CCC(CN(CC)C(=O)OC(C)(C)C)CC1.I. The molecule has 0 spiro atoms. The molecule has 0 radical (unpaired) electrons. The summed E-state index contributed by atoms with van der Waals surface area (Å²) in [6.07, 6.45) is 6.65. The Balaban J connectivity index is 0.00000480. The highest BCUT2D eigenvalue weighted by atomic mass is 127. The molecule has 1 aliphatic heterocycles. The molecule has 0 atom stereocenters. The van der Waals surface area contributed by atoms with Crippen molar-refractivity contribution in [2.45, 2.75) is 66.0 Å². The fraction of sp³-hybridized carbons (Fsp3) is 0.773. The zero-order valence-electron chi connectivity index (χ0n) is 19.8. The molecule has 9 heteroatoms. The van der Waals surface area contributed by atoms with Crippen molar-refractivity contribution in [3.63, 3.8) is 0 Å². The van der Waals surface area contributed by atoms with Gasteiger partial charge in [-0.2, -0.15) is 5.10 Å². The van der Waals surface area contributed by atoms with Crippen LogP contribution in [-0.4, -0.2) is 76.5 Å². The monoisotopic (exact) mass is 548 g/mol. The molecule has 1 aromatic heterocycles. The Labute approximate surface area is 204 Å². The Morgan fingerprint density at radius 2 is 2.00 bits per heavy atom. The van der Waals surface area contributed by atoms with E-state index in [-0.39, 0.29) is 30.1 Å². The molecule has 1 saturated heterocycles. The normalized spacial score (nSPS) is 15.4. The summed E-state index contributed by atoms with van der Waals surface area (Å²) < 4.78 is 7.49. The van der Waals surface area contributed by atoms with Crippen LogP contribution in [0.25, 0.3) is 0 Å². The van der Waals surface area contributed by atoms with Crippen LogP contribution in [0.3, 0.4) is 0 Å². The number of nitrogens with zero attached hydrogens (tertiary/aromatic N) is 5. The average Bonchev–Trinajstić information content (AvgIpc) is 3.21.